The quantitative estimate of drug-likeness (QED) is 0.0262. The van der Waals surface area contributed by atoms with Gasteiger partial charge in [-0.05, 0) is 77.0 Å². The molecule has 0 aromatic carbocycles. The number of unbranched alkanes of at least 4 members (excludes halogenated alkanes) is 35. The summed E-state index contributed by atoms with van der Waals surface area (Å²) in [4.78, 5) is 38.1. The van der Waals surface area contributed by atoms with Crippen LogP contribution in [0.15, 0.2) is 36.5 Å². The van der Waals surface area contributed by atoms with E-state index >= 15 is 0 Å². The molecular weight excluding hydrogens is 805 g/mol. The zero-order chi connectivity index (χ0) is 47.2. The van der Waals surface area contributed by atoms with Crippen molar-refractivity contribution >= 4 is 17.9 Å². The third-order valence-electron chi connectivity index (χ3n) is 12.6. The zero-order valence-electron chi connectivity index (χ0n) is 43.5. The minimum absolute atomic E-state index is 0.0757. The lowest BCUT2D eigenvalue weighted by atomic mass is 10.0. The van der Waals surface area contributed by atoms with E-state index in [2.05, 4.69) is 57.2 Å². The summed E-state index contributed by atoms with van der Waals surface area (Å²) in [6.07, 6.45) is 64.1. The second kappa shape index (κ2) is 54.2. The van der Waals surface area contributed by atoms with Gasteiger partial charge in [0.15, 0.2) is 6.10 Å². The van der Waals surface area contributed by atoms with E-state index in [1.54, 1.807) is 0 Å². The fourth-order valence-electron chi connectivity index (χ4n) is 8.29. The molecule has 0 heterocycles. The summed E-state index contributed by atoms with van der Waals surface area (Å²) in [5.74, 6) is -0.878. The summed E-state index contributed by atoms with van der Waals surface area (Å²) in [5, 5.41) is 0. The number of carbonyl (C=O) groups is 3. The molecule has 380 valence electrons. The Balaban J connectivity index is 4.37. The van der Waals surface area contributed by atoms with Crippen LogP contribution in [0.4, 0.5) is 0 Å². The van der Waals surface area contributed by atoms with Crippen LogP contribution in [0.25, 0.3) is 0 Å². The van der Waals surface area contributed by atoms with Crippen LogP contribution in [0.5, 0.6) is 0 Å². The fraction of sp³-hybridized carbons (Fsp3) is 0.847. The van der Waals surface area contributed by atoms with Crippen molar-refractivity contribution in [2.75, 3.05) is 13.2 Å². The van der Waals surface area contributed by atoms with E-state index in [1.807, 2.05) is 0 Å². The lowest BCUT2D eigenvalue weighted by molar-refractivity contribution is -0.167. The zero-order valence-corrected chi connectivity index (χ0v) is 43.5. The van der Waals surface area contributed by atoms with E-state index in [0.717, 1.165) is 83.5 Å². The summed E-state index contributed by atoms with van der Waals surface area (Å²) in [6, 6.07) is 0. The molecular formula is C59H108O6. The smallest absolute Gasteiger partial charge is 0.306 e. The van der Waals surface area contributed by atoms with Crippen molar-refractivity contribution in [2.45, 2.75) is 309 Å². The van der Waals surface area contributed by atoms with E-state index in [1.165, 1.54) is 180 Å². The molecule has 1 unspecified atom stereocenters. The second-order valence-corrected chi connectivity index (χ2v) is 19.2. The molecule has 0 aromatic heterocycles. The van der Waals surface area contributed by atoms with Gasteiger partial charge in [0, 0.05) is 19.3 Å². The third kappa shape index (κ3) is 52.5. The van der Waals surface area contributed by atoms with E-state index in [-0.39, 0.29) is 31.1 Å². The van der Waals surface area contributed by atoms with Gasteiger partial charge in [-0.1, -0.05) is 243 Å². The summed E-state index contributed by atoms with van der Waals surface area (Å²) in [6.45, 7) is 6.63. The van der Waals surface area contributed by atoms with Crippen LogP contribution in [0.2, 0.25) is 0 Å². The monoisotopic (exact) mass is 913 g/mol. The van der Waals surface area contributed by atoms with Crippen LogP contribution in [0.1, 0.15) is 303 Å². The Morgan fingerprint density at radius 2 is 0.554 bits per heavy atom. The van der Waals surface area contributed by atoms with Crippen LogP contribution >= 0.6 is 0 Å². The van der Waals surface area contributed by atoms with E-state index in [0.29, 0.717) is 19.3 Å². The normalized spacial score (nSPS) is 12.2. The SMILES string of the molecule is CCCCC/C=C\C/C=C\CCCCCCCC(=O)OC(COC(=O)CCCCCCCCC/C=C\CCCCCCCC)COC(=O)CCCCCCCCCCCCCCCCC. The van der Waals surface area contributed by atoms with Crippen molar-refractivity contribution in [1.29, 1.82) is 0 Å². The minimum Gasteiger partial charge on any atom is -0.462 e. The first-order chi connectivity index (χ1) is 32.0. The number of esters is 3. The van der Waals surface area contributed by atoms with E-state index < -0.39 is 6.10 Å². The van der Waals surface area contributed by atoms with Gasteiger partial charge < -0.3 is 14.2 Å². The second-order valence-electron chi connectivity index (χ2n) is 19.2. The first-order valence-electron chi connectivity index (χ1n) is 28.5. The summed E-state index contributed by atoms with van der Waals surface area (Å²) in [7, 11) is 0. The topological polar surface area (TPSA) is 78.9 Å². The van der Waals surface area contributed by atoms with Crippen LogP contribution in [-0.4, -0.2) is 37.2 Å². The highest BCUT2D eigenvalue weighted by Gasteiger charge is 2.19. The predicted molar refractivity (Wildman–Crippen MR) is 279 cm³/mol. The highest BCUT2D eigenvalue weighted by molar-refractivity contribution is 5.71. The van der Waals surface area contributed by atoms with E-state index in [4.69, 9.17) is 14.2 Å². The maximum absolute atomic E-state index is 12.8. The maximum atomic E-state index is 12.8. The lowest BCUT2D eigenvalue weighted by Crippen LogP contribution is -2.30. The molecule has 0 fully saturated rings. The number of allylic oxidation sites excluding steroid dienone is 6. The number of hydrogen-bond acceptors (Lipinski definition) is 6. The van der Waals surface area contributed by atoms with Crippen LogP contribution < -0.4 is 0 Å². The molecule has 0 bridgehead atoms. The van der Waals surface area contributed by atoms with Crippen molar-refractivity contribution in [3.05, 3.63) is 36.5 Å². The average molecular weight is 914 g/mol. The number of hydrogen-bond donors (Lipinski definition) is 0. The van der Waals surface area contributed by atoms with Crippen LogP contribution in [0.3, 0.4) is 0 Å². The van der Waals surface area contributed by atoms with Gasteiger partial charge in [0.05, 0.1) is 0 Å². The predicted octanol–water partition coefficient (Wildman–Crippen LogP) is 18.9. The van der Waals surface area contributed by atoms with Gasteiger partial charge in [0.2, 0.25) is 0 Å². The molecule has 0 saturated heterocycles. The Kier molecular flexibility index (Phi) is 52.3. The van der Waals surface area contributed by atoms with Gasteiger partial charge in [-0.25, -0.2) is 0 Å². The van der Waals surface area contributed by atoms with Crippen molar-refractivity contribution in [3.63, 3.8) is 0 Å². The Morgan fingerprint density at radius 1 is 0.308 bits per heavy atom. The molecule has 0 aliphatic carbocycles. The molecule has 65 heavy (non-hydrogen) atoms. The van der Waals surface area contributed by atoms with Gasteiger partial charge in [0.1, 0.15) is 13.2 Å². The summed E-state index contributed by atoms with van der Waals surface area (Å²) >= 11 is 0. The van der Waals surface area contributed by atoms with Gasteiger partial charge >= 0.3 is 17.9 Å². The molecule has 0 aliphatic heterocycles. The summed E-state index contributed by atoms with van der Waals surface area (Å²) < 4.78 is 16.9. The molecule has 1 atom stereocenters. The van der Waals surface area contributed by atoms with Crippen LogP contribution in [-0.2, 0) is 28.6 Å². The maximum Gasteiger partial charge on any atom is 0.306 e. The third-order valence-corrected chi connectivity index (χ3v) is 12.6. The summed E-state index contributed by atoms with van der Waals surface area (Å²) in [5.41, 5.74) is 0. The highest BCUT2D eigenvalue weighted by Crippen LogP contribution is 2.16. The Labute approximate surface area is 404 Å². The molecule has 0 saturated carbocycles. The van der Waals surface area contributed by atoms with Gasteiger partial charge in [-0.3, -0.25) is 14.4 Å². The Morgan fingerprint density at radius 3 is 0.892 bits per heavy atom. The van der Waals surface area contributed by atoms with Crippen molar-refractivity contribution in [2.24, 2.45) is 0 Å². The molecule has 0 spiro atoms. The molecule has 0 amide bonds. The Bertz CT molecular complexity index is 1090. The van der Waals surface area contributed by atoms with Crippen molar-refractivity contribution < 1.29 is 28.6 Å². The standard InChI is InChI=1S/C59H108O6/c1-4-7-10-13-16-19-22-25-28-29-32-34-37-40-43-46-49-52-58(61)64-55-56(65-59(62)53-50-47-44-41-38-35-31-27-24-21-18-15-12-9-6-3)54-63-57(60)51-48-45-42-39-36-33-30-26-23-20-17-14-11-8-5-2/h18,21,25,27-28,31,56H,4-17,19-20,22-24,26,29-30,32-55H2,1-3H3/b21-18-,28-25-,31-27-. The molecule has 6 heteroatoms. The number of carbonyl (C=O) groups excluding carboxylic acids is 3. The first-order valence-corrected chi connectivity index (χ1v) is 28.5. The minimum atomic E-state index is -0.778. The molecule has 0 aliphatic rings. The molecule has 0 radical (unpaired) electrons. The molecule has 0 N–H and O–H groups in total. The first kappa shape index (κ1) is 62.6. The average Bonchev–Trinajstić information content (AvgIpc) is 3.30. The molecule has 0 aromatic rings. The Hall–Kier alpha value is -2.37. The van der Waals surface area contributed by atoms with Crippen molar-refractivity contribution in [1.82, 2.24) is 0 Å². The van der Waals surface area contributed by atoms with Gasteiger partial charge in [-0.2, -0.15) is 0 Å². The number of ether oxygens (including phenoxy) is 3. The largest absolute Gasteiger partial charge is 0.462 e. The van der Waals surface area contributed by atoms with Crippen LogP contribution in [0, 0.1) is 0 Å². The lowest BCUT2D eigenvalue weighted by Gasteiger charge is -2.18. The number of rotatable bonds is 52. The highest BCUT2D eigenvalue weighted by atomic mass is 16.6. The fourth-order valence-corrected chi connectivity index (χ4v) is 8.29. The van der Waals surface area contributed by atoms with E-state index in [9.17, 15) is 14.4 Å². The molecule has 0 rings (SSSR count). The van der Waals surface area contributed by atoms with Crippen molar-refractivity contribution in [3.8, 4) is 0 Å². The molecule has 6 nitrogen and oxygen atoms in total. The van der Waals surface area contributed by atoms with Gasteiger partial charge in [0.25, 0.3) is 0 Å². The van der Waals surface area contributed by atoms with Gasteiger partial charge in [-0.15, -0.1) is 0 Å².